The van der Waals surface area contributed by atoms with E-state index in [0.29, 0.717) is 0 Å². The lowest BCUT2D eigenvalue weighted by molar-refractivity contribution is -0.159. The number of nitrogens with zero attached hydrogens (tertiary/aromatic N) is 1. The van der Waals surface area contributed by atoms with Gasteiger partial charge in [-0.05, 0) is 18.1 Å². The van der Waals surface area contributed by atoms with Crippen LogP contribution >= 0.6 is 0 Å². The second-order valence-corrected chi connectivity index (χ2v) is 3.76. The zero-order chi connectivity index (χ0) is 13.5. The first-order valence-electron chi connectivity index (χ1n) is 5.55. The molecule has 0 aromatic heterocycles. The lowest BCUT2D eigenvalue weighted by Gasteiger charge is -2.17. The van der Waals surface area contributed by atoms with Crippen LogP contribution in [0.2, 0.25) is 0 Å². The van der Waals surface area contributed by atoms with Crippen LogP contribution in [0.3, 0.4) is 0 Å². The Labute approximate surface area is 105 Å². The molecule has 1 aromatic rings. The summed E-state index contributed by atoms with van der Waals surface area (Å²) in [6.45, 7) is 2.86. The molecule has 0 saturated heterocycles. The average Bonchev–Trinajstić information content (AvgIpc) is 2.74. The fraction of sp³-hybridized carbons (Fsp3) is 0.333. The fourth-order valence-corrected chi connectivity index (χ4v) is 1.79. The molecule has 2 rings (SSSR count). The van der Waals surface area contributed by atoms with E-state index in [9.17, 15) is 0 Å². The van der Waals surface area contributed by atoms with Crippen molar-refractivity contribution < 1.29 is 19.8 Å². The van der Waals surface area contributed by atoms with Crippen molar-refractivity contribution in [3.63, 3.8) is 0 Å². The molecule has 1 aliphatic heterocycles. The van der Waals surface area contributed by atoms with E-state index in [1.165, 1.54) is 17.7 Å². The third-order valence-electron chi connectivity index (χ3n) is 2.57. The van der Waals surface area contributed by atoms with Crippen LogP contribution < -0.4 is 10.6 Å². The normalized spacial score (nSPS) is 12.4. The second-order valence-electron chi connectivity index (χ2n) is 3.76. The molecule has 0 atom stereocenters. The molecule has 0 fully saturated rings. The van der Waals surface area contributed by atoms with Crippen LogP contribution in [-0.4, -0.2) is 41.8 Å². The summed E-state index contributed by atoms with van der Waals surface area (Å²) in [5, 5.41) is 14.8. The van der Waals surface area contributed by atoms with Crippen LogP contribution in [0.5, 0.6) is 0 Å². The van der Waals surface area contributed by atoms with E-state index in [2.05, 4.69) is 29.2 Å². The minimum Gasteiger partial charge on any atom is -0.473 e. The standard InChI is InChI=1S/C10H14N2.C2H2O4/c11-6-8-12-7-5-9-3-1-2-4-10(9)12;3-1(4)2(5)6/h1-4H,5-8,11H2;(H,3,4)(H,5,6). The van der Waals surface area contributed by atoms with Gasteiger partial charge in [0, 0.05) is 25.3 Å². The molecular weight excluding hydrogens is 236 g/mol. The highest BCUT2D eigenvalue weighted by molar-refractivity contribution is 6.27. The maximum Gasteiger partial charge on any atom is 0.414 e. The van der Waals surface area contributed by atoms with Crippen molar-refractivity contribution in [2.45, 2.75) is 6.42 Å². The van der Waals surface area contributed by atoms with Crippen LogP contribution in [0.25, 0.3) is 0 Å². The highest BCUT2D eigenvalue weighted by Crippen LogP contribution is 2.26. The van der Waals surface area contributed by atoms with Gasteiger partial charge >= 0.3 is 11.9 Å². The number of anilines is 1. The number of carboxylic acid groups (broad SMARTS) is 2. The molecule has 6 nitrogen and oxygen atoms in total. The van der Waals surface area contributed by atoms with Crippen molar-refractivity contribution in [2.75, 3.05) is 24.5 Å². The third kappa shape index (κ3) is 3.74. The second kappa shape index (κ2) is 6.61. The molecule has 18 heavy (non-hydrogen) atoms. The number of para-hydroxylation sites is 1. The molecule has 0 aliphatic carbocycles. The Balaban J connectivity index is 0.000000232. The van der Waals surface area contributed by atoms with Crippen LogP contribution in [-0.2, 0) is 16.0 Å². The van der Waals surface area contributed by atoms with Gasteiger partial charge in [0.25, 0.3) is 0 Å². The summed E-state index contributed by atoms with van der Waals surface area (Å²) in [6, 6.07) is 8.57. The average molecular weight is 252 g/mol. The SMILES string of the molecule is NCCN1CCc2ccccc21.O=C(O)C(=O)O. The third-order valence-corrected chi connectivity index (χ3v) is 2.57. The fourth-order valence-electron chi connectivity index (χ4n) is 1.79. The number of aliphatic carboxylic acids is 2. The summed E-state index contributed by atoms with van der Waals surface area (Å²) < 4.78 is 0. The van der Waals surface area contributed by atoms with Crippen molar-refractivity contribution in [1.29, 1.82) is 0 Å². The first kappa shape index (κ1) is 14.0. The topological polar surface area (TPSA) is 104 Å². The summed E-state index contributed by atoms with van der Waals surface area (Å²) in [5.74, 6) is -3.65. The van der Waals surface area contributed by atoms with E-state index in [-0.39, 0.29) is 0 Å². The van der Waals surface area contributed by atoms with Crippen LogP contribution in [0.1, 0.15) is 5.56 Å². The number of nitrogens with two attached hydrogens (primary N) is 1. The number of benzene rings is 1. The van der Waals surface area contributed by atoms with Gasteiger partial charge in [-0.2, -0.15) is 0 Å². The number of hydrogen-bond acceptors (Lipinski definition) is 4. The number of fused-ring (bicyclic) bond motifs is 1. The lowest BCUT2D eigenvalue weighted by Crippen LogP contribution is -2.27. The predicted octanol–water partition coefficient (Wildman–Crippen LogP) is 0.163. The molecule has 4 N–H and O–H groups in total. The monoisotopic (exact) mass is 252 g/mol. The van der Waals surface area contributed by atoms with E-state index in [4.69, 9.17) is 25.5 Å². The molecule has 0 amide bonds. The maximum atomic E-state index is 9.10. The summed E-state index contributed by atoms with van der Waals surface area (Å²) in [4.78, 5) is 20.6. The number of rotatable bonds is 2. The molecule has 98 valence electrons. The van der Waals surface area contributed by atoms with Crippen LogP contribution in [0.15, 0.2) is 24.3 Å². The van der Waals surface area contributed by atoms with E-state index < -0.39 is 11.9 Å². The Morgan fingerprint density at radius 2 is 1.83 bits per heavy atom. The van der Waals surface area contributed by atoms with Crippen molar-refractivity contribution in [2.24, 2.45) is 5.73 Å². The zero-order valence-electron chi connectivity index (χ0n) is 9.87. The molecule has 1 heterocycles. The van der Waals surface area contributed by atoms with Crippen molar-refractivity contribution in [1.82, 2.24) is 0 Å². The highest BCUT2D eigenvalue weighted by atomic mass is 16.4. The Morgan fingerprint density at radius 3 is 2.39 bits per heavy atom. The van der Waals surface area contributed by atoms with Gasteiger partial charge in [0.1, 0.15) is 0 Å². The highest BCUT2D eigenvalue weighted by Gasteiger charge is 2.16. The van der Waals surface area contributed by atoms with Gasteiger partial charge in [-0.3, -0.25) is 0 Å². The Morgan fingerprint density at radius 1 is 1.22 bits per heavy atom. The molecular formula is C12H16N2O4. The minimum absolute atomic E-state index is 0.744. The van der Waals surface area contributed by atoms with E-state index >= 15 is 0 Å². The van der Waals surface area contributed by atoms with Gasteiger partial charge in [0.2, 0.25) is 0 Å². The summed E-state index contributed by atoms with van der Waals surface area (Å²) in [6.07, 6.45) is 1.18. The molecule has 0 bridgehead atoms. The molecule has 0 radical (unpaired) electrons. The number of hydrogen-bond donors (Lipinski definition) is 3. The summed E-state index contributed by atoms with van der Waals surface area (Å²) >= 11 is 0. The predicted molar refractivity (Wildman–Crippen MR) is 66.7 cm³/mol. The zero-order valence-corrected chi connectivity index (χ0v) is 9.87. The Bertz CT molecular complexity index is 420. The molecule has 0 spiro atoms. The molecule has 0 saturated carbocycles. The smallest absolute Gasteiger partial charge is 0.414 e. The Hall–Kier alpha value is -2.08. The van der Waals surface area contributed by atoms with Crippen molar-refractivity contribution in [3.05, 3.63) is 29.8 Å². The van der Waals surface area contributed by atoms with E-state index in [0.717, 1.165) is 19.6 Å². The molecule has 6 heteroatoms. The van der Waals surface area contributed by atoms with Gasteiger partial charge in [-0.1, -0.05) is 18.2 Å². The summed E-state index contributed by atoms with van der Waals surface area (Å²) in [5.41, 5.74) is 8.37. The quantitative estimate of drug-likeness (QED) is 0.648. The maximum absolute atomic E-state index is 9.10. The van der Waals surface area contributed by atoms with Gasteiger partial charge in [0.05, 0.1) is 0 Å². The first-order valence-corrected chi connectivity index (χ1v) is 5.55. The van der Waals surface area contributed by atoms with Gasteiger partial charge < -0.3 is 20.8 Å². The number of carbonyl (C=O) groups is 2. The molecule has 1 aliphatic rings. The summed E-state index contributed by atoms with van der Waals surface area (Å²) in [7, 11) is 0. The number of carboxylic acids is 2. The Kier molecular flexibility index (Phi) is 5.13. The largest absolute Gasteiger partial charge is 0.473 e. The first-order chi connectivity index (χ1) is 8.56. The molecule has 0 unspecified atom stereocenters. The molecule has 1 aromatic carbocycles. The van der Waals surface area contributed by atoms with Crippen molar-refractivity contribution in [3.8, 4) is 0 Å². The van der Waals surface area contributed by atoms with Gasteiger partial charge in [-0.15, -0.1) is 0 Å². The van der Waals surface area contributed by atoms with Gasteiger partial charge in [0.15, 0.2) is 0 Å². The van der Waals surface area contributed by atoms with Crippen LogP contribution in [0.4, 0.5) is 5.69 Å². The van der Waals surface area contributed by atoms with E-state index in [1.807, 2.05) is 0 Å². The minimum atomic E-state index is -1.82. The van der Waals surface area contributed by atoms with Gasteiger partial charge in [-0.25, -0.2) is 9.59 Å². The lowest BCUT2D eigenvalue weighted by atomic mass is 10.2. The van der Waals surface area contributed by atoms with Crippen molar-refractivity contribution >= 4 is 17.6 Å². The van der Waals surface area contributed by atoms with Crippen LogP contribution in [0, 0.1) is 0 Å². The van der Waals surface area contributed by atoms with E-state index in [1.54, 1.807) is 0 Å².